The topological polar surface area (TPSA) is 704 Å². The molecule has 8 heterocycles. The highest BCUT2D eigenvalue weighted by Crippen LogP contribution is 2.50. The van der Waals surface area contributed by atoms with E-state index >= 15 is 28.8 Å². The third-order valence-corrected chi connectivity index (χ3v) is 25.3. The van der Waals surface area contributed by atoms with Crippen molar-refractivity contribution in [1.29, 1.82) is 0 Å². The minimum Gasteiger partial charge on any atom is -0.508 e. The molecule has 0 radical (unpaired) electrons. The van der Waals surface area contributed by atoms with Crippen LogP contribution in [0.4, 0.5) is 0 Å². The van der Waals surface area contributed by atoms with E-state index in [0.717, 1.165) is 123 Å². The molecule has 0 aliphatic carbocycles. The molecule has 3 fully saturated rings. The van der Waals surface area contributed by atoms with Crippen molar-refractivity contribution < 1.29 is 157 Å². The summed E-state index contributed by atoms with van der Waals surface area (Å²) in [7, 11) is 0. The lowest BCUT2D eigenvalue weighted by atomic mass is 9.95. The highest BCUT2D eigenvalue weighted by molar-refractivity contribution is 6.32. The summed E-state index contributed by atoms with van der Waals surface area (Å²) in [6, 6.07) is 4.86. The molecule has 29 N–H and O–H groups in total. The van der Waals surface area contributed by atoms with Crippen molar-refractivity contribution in [2.45, 2.75) is 219 Å². The number of unbranched alkanes of at least 4 members (excludes halogenated alkanes) is 3. The van der Waals surface area contributed by atoms with Gasteiger partial charge in [-0.15, -0.1) is 0 Å². The van der Waals surface area contributed by atoms with Gasteiger partial charge in [-0.3, -0.25) is 43.2 Å². The van der Waals surface area contributed by atoms with Crippen LogP contribution < -0.4 is 93.6 Å². The number of nitrogens with two attached hydrogens (primary N) is 2. The molecule has 45 nitrogen and oxygen atoms in total. The second kappa shape index (κ2) is 49.4. The summed E-state index contributed by atoms with van der Waals surface area (Å²) in [6.45, 7) is 4.34. The number of hydrogen-bond acceptors (Lipinski definition) is 36. The van der Waals surface area contributed by atoms with Gasteiger partial charge < -0.3 is 184 Å². The highest BCUT2D eigenvalue weighted by Gasteiger charge is 2.52. The lowest BCUT2D eigenvalue weighted by Crippen LogP contribution is -2.65. The third kappa shape index (κ3) is 27.1. The SMILES string of the molecule is CC(=O)N[C@H]1[C@H](O[C@@H]2c3ccc(c(Cl)c3)Oc3cc4cc(c3O[C@@H]3O[C@H](CO)[C@@H](O)[C@H](O)[C@H]3NC(=O)CCCCCCC(C)C)Oc3ccc(cc3Cl)C[C@H]3NC(=O)[C@H](N)c5ccc(O)c(c5)Oc5cc(O)cc(c5)[C@H](NC3=O)C(=O)N[C@H]4C(=O)N[C@H](c3ccc(O)cc3)C(=O)N[C@@H]2C(=O)N[C@H](C(=O)NCCCNCCNCCCN)c2cc(O)cc(O[C@H]3O[C@H](CO)[C@@H](O)[C@H](O)[C@@H]3O)c2)O[C@H](CO)[C@@H](O)[C@@H]1O. The number of aliphatic hydroxyl groups is 10. The van der Waals surface area contributed by atoms with Crippen molar-refractivity contribution in [1.82, 2.24) is 58.5 Å². The first-order valence-corrected chi connectivity index (χ1v) is 47.3. The Balaban J connectivity index is 1.03. The van der Waals surface area contributed by atoms with E-state index in [1.165, 1.54) is 30.3 Å². The average Bonchev–Trinajstić information content (AvgIpc) is 0.765. The van der Waals surface area contributed by atoms with Gasteiger partial charge in [0.15, 0.2) is 29.3 Å². The van der Waals surface area contributed by atoms with Gasteiger partial charge in [0.05, 0.1) is 29.9 Å². The number of amides is 9. The molecule has 8 aliphatic heterocycles. The number of fused-ring (bicyclic) bond motifs is 15. The van der Waals surface area contributed by atoms with Gasteiger partial charge in [0.2, 0.25) is 71.5 Å². The summed E-state index contributed by atoms with van der Waals surface area (Å²) in [5, 5.41) is 187. The van der Waals surface area contributed by atoms with E-state index in [0.29, 0.717) is 51.4 Å². The fraction of sp³-hybridized carbons (Fsp3) is 0.469. The molecule has 7 aromatic rings. The first kappa shape index (κ1) is 108. The molecule has 7 aromatic carbocycles. The number of phenols is 4. The molecule has 47 heteroatoms. The predicted octanol–water partition coefficient (Wildman–Crippen LogP) is -0.0112. The van der Waals surface area contributed by atoms with E-state index in [4.69, 9.17) is 77.3 Å². The number of hydrogen-bond donors (Lipinski definition) is 27. The number of nitrogens with one attached hydrogen (secondary N) is 11. The van der Waals surface area contributed by atoms with Crippen LogP contribution in [0.15, 0.2) is 127 Å². The first-order valence-electron chi connectivity index (χ1n) is 46.6. The zero-order chi connectivity index (χ0) is 103. The van der Waals surface area contributed by atoms with E-state index in [2.05, 4.69) is 72.3 Å². The van der Waals surface area contributed by atoms with Gasteiger partial charge in [-0.2, -0.15) is 0 Å². The smallest absolute Gasteiger partial charge is 0.248 e. The van der Waals surface area contributed by atoms with Gasteiger partial charge in [-0.05, 0) is 169 Å². The van der Waals surface area contributed by atoms with Crippen molar-refractivity contribution in [3.05, 3.63) is 176 Å². The van der Waals surface area contributed by atoms with Crippen LogP contribution in [-0.4, -0.2) is 288 Å². The molecule has 13 bridgehead atoms. The van der Waals surface area contributed by atoms with Crippen LogP contribution in [0.1, 0.15) is 147 Å². The summed E-state index contributed by atoms with van der Waals surface area (Å²) in [6.07, 6.45) is -23.9. The quantitative estimate of drug-likeness (QED) is 0.0241. The fourth-order valence-electron chi connectivity index (χ4n) is 17.0. The maximum absolute atomic E-state index is 16.9. The van der Waals surface area contributed by atoms with Crippen molar-refractivity contribution in [2.24, 2.45) is 17.4 Å². The molecule has 15 rings (SSSR count). The number of carbonyl (C=O) groups is 9. The molecule has 0 spiro atoms. The molecule has 0 unspecified atom stereocenters. The fourth-order valence-corrected chi connectivity index (χ4v) is 17.5. The van der Waals surface area contributed by atoms with E-state index in [-0.39, 0.29) is 76.0 Å². The maximum atomic E-state index is 16.9. The van der Waals surface area contributed by atoms with Crippen LogP contribution >= 0.6 is 23.2 Å². The molecule has 8 aliphatic rings. The Morgan fingerprint density at radius 3 is 1.68 bits per heavy atom. The molecule has 0 saturated carbocycles. The molecule has 774 valence electrons. The minimum atomic E-state index is -2.55. The van der Waals surface area contributed by atoms with Gasteiger partial charge in [-0.25, -0.2) is 0 Å². The number of benzene rings is 7. The lowest BCUT2D eigenvalue weighted by molar-refractivity contribution is -0.284. The Kier molecular flexibility index (Phi) is 37.4. The van der Waals surface area contributed by atoms with E-state index in [9.17, 15) is 85.9 Å². The molecular formula is C96H119Cl2N13O32. The second-order valence-corrected chi connectivity index (χ2v) is 36.6. The van der Waals surface area contributed by atoms with Gasteiger partial charge in [0.1, 0.15) is 162 Å². The molecule has 0 aromatic heterocycles. The number of aliphatic hydroxyl groups excluding tert-OH is 10. The van der Waals surface area contributed by atoms with Crippen molar-refractivity contribution in [3.8, 4) is 69.0 Å². The lowest BCUT2D eigenvalue weighted by Gasteiger charge is -2.44. The Morgan fingerprint density at radius 2 is 1.05 bits per heavy atom. The first-order chi connectivity index (χ1) is 68.4. The number of aromatic hydroxyl groups is 4. The van der Waals surface area contributed by atoms with Gasteiger partial charge in [0, 0.05) is 51.5 Å². The Bertz CT molecular complexity index is 5660. The van der Waals surface area contributed by atoms with Crippen molar-refractivity contribution in [3.63, 3.8) is 0 Å². The van der Waals surface area contributed by atoms with E-state index < -0.39 is 288 Å². The zero-order valence-corrected chi connectivity index (χ0v) is 79.2. The normalized spacial score (nSPS) is 26.9. The summed E-state index contributed by atoms with van der Waals surface area (Å²) >= 11 is 14.9. The van der Waals surface area contributed by atoms with Crippen molar-refractivity contribution >= 4 is 76.4 Å². The molecule has 3 saturated heterocycles. The third-order valence-electron chi connectivity index (χ3n) is 24.7. The highest BCUT2D eigenvalue weighted by atomic mass is 35.5. The minimum absolute atomic E-state index is 0.0407. The summed E-state index contributed by atoms with van der Waals surface area (Å²) in [4.78, 5) is 140. The molecular weight excluding hydrogens is 1920 g/mol. The monoisotopic (exact) mass is 2040 g/mol. The van der Waals surface area contributed by atoms with E-state index in [1.807, 2.05) is 0 Å². The van der Waals surface area contributed by atoms with Crippen LogP contribution in [0.3, 0.4) is 0 Å². The summed E-state index contributed by atoms with van der Waals surface area (Å²) in [5.41, 5.74) is 10.6. The van der Waals surface area contributed by atoms with Crippen LogP contribution in [-0.2, 0) is 68.5 Å². The predicted molar refractivity (Wildman–Crippen MR) is 504 cm³/mol. The van der Waals surface area contributed by atoms with Crippen LogP contribution in [0, 0.1) is 5.92 Å². The average molecular weight is 2040 g/mol. The van der Waals surface area contributed by atoms with Crippen LogP contribution in [0.5, 0.6) is 69.0 Å². The standard InChI is InChI=1S/C96H119Cl2N13O32/c1-43(2)10-6-4-5-7-11-69(120)106-76-82(125)79(122)67(41-113)140-95(76)143-86-64-36-51-37-65(86)138-62-21-16-48(34-58(62)98)85(142-94-75(104-44(3)115)81(124)78(121)66(40-112)139-94)77(93(134)109-72(89(130)103-25-9-24-102-27-26-101-23-8-22-99)49-30-54(118)39-56(33-49)136-96-84(127)83(126)80(123)68(42-114)141-96)111-90(131)71(46-13-17-52(116)18-14-46)108-92(133)74(51)110-91(132)73-50-31-53(117)38-55(32-50)135-63-35-47(15-19-60(63)119)70(100)88(129)105-59(87(128)107-73)29-45-12-20-61(137-64)57(97)28-45/h12-21,28,30-39,43,59,66-68,70-85,94-96,101-102,112-114,116-119,121-127H,4-11,22-27,29,40-42,99-100H2,1-3H3,(H,103,130)(H,104,115)(H,105,129)(H,106,120)(H,107,128)(H,108,133)(H,109,134)(H,110,132)(H,111,131)/t59-,66-,67-,68-,70-,71-,72+,73+,74-,75-,76-,77+,78-,79-,80-,81-,82-,83+,84+,85-,94+,95+,96+/m1/s1. The molecule has 23 atom stereocenters. The number of halogens is 2. The number of carbonyl (C=O) groups excluding carboxylic acids is 9. The Morgan fingerprint density at radius 1 is 0.490 bits per heavy atom. The zero-order valence-electron chi connectivity index (χ0n) is 77.7. The number of phenolic OH excluding ortho intramolecular Hbond substituents is 4. The van der Waals surface area contributed by atoms with E-state index in [1.54, 1.807) is 0 Å². The molecule has 143 heavy (non-hydrogen) atoms. The van der Waals surface area contributed by atoms with Gasteiger partial charge in [-0.1, -0.05) is 93.1 Å². The van der Waals surface area contributed by atoms with Crippen LogP contribution in [0.2, 0.25) is 10.0 Å². The van der Waals surface area contributed by atoms with Crippen LogP contribution in [0.25, 0.3) is 0 Å². The van der Waals surface area contributed by atoms with Gasteiger partial charge >= 0.3 is 0 Å². The molecule has 9 amide bonds. The summed E-state index contributed by atoms with van der Waals surface area (Å²) < 4.78 is 57.7. The van der Waals surface area contributed by atoms with Crippen molar-refractivity contribution in [2.75, 3.05) is 59.1 Å². The Labute approximate surface area is 828 Å². The Hall–Kier alpha value is -12.2. The number of rotatable bonds is 33. The second-order valence-electron chi connectivity index (χ2n) is 35.8. The summed E-state index contributed by atoms with van der Waals surface area (Å²) in [5.74, 6) is -16.7. The maximum Gasteiger partial charge on any atom is 0.248 e. The van der Waals surface area contributed by atoms with Gasteiger partial charge in [0.25, 0.3) is 0 Å². The largest absolute Gasteiger partial charge is 0.508 e. The number of ether oxygens (including phenoxy) is 9.